The van der Waals surface area contributed by atoms with E-state index < -0.39 is 0 Å². The van der Waals surface area contributed by atoms with Crippen LogP contribution >= 0.6 is 36.2 Å². The van der Waals surface area contributed by atoms with Crippen LogP contribution in [-0.4, -0.2) is 30.6 Å². The second-order valence-corrected chi connectivity index (χ2v) is 4.85. The molecular weight excluding hydrogens is 295 g/mol. The molecule has 2 rings (SSSR count). The third-order valence-electron chi connectivity index (χ3n) is 2.66. The van der Waals surface area contributed by atoms with Crippen molar-refractivity contribution >= 4 is 42.1 Å². The van der Waals surface area contributed by atoms with Crippen molar-refractivity contribution in [1.82, 2.24) is 10.3 Å². The maximum absolute atomic E-state index is 11.4. The molecule has 104 valence electrons. The van der Waals surface area contributed by atoms with Gasteiger partial charge in [-0.1, -0.05) is 0 Å². The van der Waals surface area contributed by atoms with E-state index in [2.05, 4.69) is 10.3 Å². The van der Waals surface area contributed by atoms with Gasteiger partial charge in [0.2, 0.25) is 0 Å². The Morgan fingerprint density at radius 1 is 1.61 bits per heavy atom. The van der Waals surface area contributed by atoms with Gasteiger partial charge < -0.3 is 10.1 Å². The summed E-state index contributed by atoms with van der Waals surface area (Å²) in [4.78, 5) is 15.7. The van der Waals surface area contributed by atoms with E-state index in [9.17, 15) is 4.79 Å². The summed E-state index contributed by atoms with van der Waals surface area (Å²) >= 11 is 1.55. The lowest BCUT2D eigenvalue weighted by Gasteiger charge is -2.03. The molecule has 1 aromatic heterocycles. The van der Waals surface area contributed by atoms with Crippen LogP contribution in [0, 0.1) is 5.92 Å². The van der Waals surface area contributed by atoms with Crippen molar-refractivity contribution in [1.29, 1.82) is 0 Å². The van der Waals surface area contributed by atoms with Gasteiger partial charge in [0.25, 0.3) is 0 Å². The normalized spacial score (nSPS) is 17.7. The van der Waals surface area contributed by atoms with Crippen LogP contribution in [0.4, 0.5) is 0 Å². The van der Waals surface area contributed by atoms with Crippen LogP contribution in [0.25, 0.3) is 0 Å². The largest absolute Gasteiger partial charge is 0.461 e. The minimum absolute atomic E-state index is 0. The summed E-state index contributed by atoms with van der Waals surface area (Å²) in [7, 11) is 0. The number of aromatic nitrogens is 1. The van der Waals surface area contributed by atoms with Crippen molar-refractivity contribution in [3.8, 4) is 0 Å². The summed E-state index contributed by atoms with van der Waals surface area (Å²) in [5, 5.41) is 6.15. The van der Waals surface area contributed by atoms with Crippen LogP contribution in [0.5, 0.6) is 0 Å². The van der Waals surface area contributed by atoms with Gasteiger partial charge in [-0.25, -0.2) is 9.78 Å². The lowest BCUT2D eigenvalue weighted by atomic mass is 10.1. The van der Waals surface area contributed by atoms with Gasteiger partial charge in [-0.15, -0.1) is 36.2 Å². The molecule has 0 amide bonds. The summed E-state index contributed by atoms with van der Waals surface area (Å²) in [5.74, 6) is 0.357. The third-order valence-corrected chi connectivity index (χ3v) is 3.53. The summed E-state index contributed by atoms with van der Waals surface area (Å²) < 4.78 is 4.90. The van der Waals surface area contributed by atoms with E-state index in [1.807, 2.05) is 0 Å². The van der Waals surface area contributed by atoms with Crippen LogP contribution in [0.1, 0.15) is 28.8 Å². The summed E-state index contributed by atoms with van der Waals surface area (Å²) in [5.41, 5.74) is 0.452. The second-order valence-electron chi connectivity index (χ2n) is 3.91. The fourth-order valence-electron chi connectivity index (χ4n) is 1.84. The highest BCUT2D eigenvalue weighted by molar-refractivity contribution is 7.09. The quantitative estimate of drug-likeness (QED) is 0.867. The van der Waals surface area contributed by atoms with E-state index >= 15 is 0 Å². The summed E-state index contributed by atoms with van der Waals surface area (Å²) in [6.07, 6.45) is 2.17. The molecule has 0 radical (unpaired) electrons. The van der Waals surface area contributed by atoms with Gasteiger partial charge in [0, 0.05) is 11.8 Å². The molecule has 0 aromatic carbocycles. The van der Waals surface area contributed by atoms with Crippen molar-refractivity contribution in [2.24, 2.45) is 5.92 Å². The van der Waals surface area contributed by atoms with Crippen LogP contribution in [-0.2, 0) is 11.2 Å². The van der Waals surface area contributed by atoms with Crippen LogP contribution in [0.15, 0.2) is 5.38 Å². The van der Waals surface area contributed by atoms with Gasteiger partial charge in [0.05, 0.1) is 11.6 Å². The highest BCUT2D eigenvalue weighted by atomic mass is 35.5. The average molecular weight is 313 g/mol. The predicted molar refractivity (Wildman–Crippen MR) is 77.2 cm³/mol. The molecule has 1 N–H and O–H groups in total. The Morgan fingerprint density at radius 3 is 3.00 bits per heavy atom. The van der Waals surface area contributed by atoms with Gasteiger partial charge in [-0.3, -0.25) is 0 Å². The Hall–Kier alpha value is -0.360. The summed E-state index contributed by atoms with van der Waals surface area (Å²) in [6, 6.07) is 0. The van der Waals surface area contributed by atoms with Crippen molar-refractivity contribution in [2.45, 2.75) is 19.8 Å². The number of nitrogens with zero attached hydrogens (tertiary/aromatic N) is 1. The molecule has 7 heteroatoms. The molecule has 0 spiro atoms. The maximum Gasteiger partial charge on any atom is 0.357 e. The fourth-order valence-corrected chi connectivity index (χ4v) is 2.72. The van der Waals surface area contributed by atoms with E-state index in [0.29, 0.717) is 18.2 Å². The minimum atomic E-state index is -0.311. The lowest BCUT2D eigenvalue weighted by molar-refractivity contribution is 0.0520. The molecule has 1 saturated heterocycles. The lowest BCUT2D eigenvalue weighted by Crippen LogP contribution is -2.11. The van der Waals surface area contributed by atoms with E-state index in [0.717, 1.165) is 24.5 Å². The van der Waals surface area contributed by atoms with Gasteiger partial charge in [-0.2, -0.15) is 0 Å². The molecule has 1 aliphatic rings. The number of carbonyl (C=O) groups is 1. The van der Waals surface area contributed by atoms with Crippen molar-refractivity contribution in [3.63, 3.8) is 0 Å². The van der Waals surface area contributed by atoms with Crippen molar-refractivity contribution in [3.05, 3.63) is 16.1 Å². The summed E-state index contributed by atoms with van der Waals surface area (Å²) in [6.45, 7) is 4.36. The third kappa shape index (κ3) is 4.72. The van der Waals surface area contributed by atoms with Gasteiger partial charge >= 0.3 is 5.97 Å². The Labute approximate surface area is 123 Å². The van der Waals surface area contributed by atoms with Gasteiger partial charge in [0.1, 0.15) is 0 Å². The average Bonchev–Trinajstić information content (AvgIpc) is 2.90. The first kappa shape index (κ1) is 17.6. The van der Waals surface area contributed by atoms with Crippen molar-refractivity contribution < 1.29 is 9.53 Å². The van der Waals surface area contributed by atoms with E-state index in [1.165, 1.54) is 6.42 Å². The van der Waals surface area contributed by atoms with Crippen molar-refractivity contribution in [2.75, 3.05) is 19.7 Å². The predicted octanol–water partition coefficient (Wildman–Crippen LogP) is 2.32. The Bertz CT molecular complexity index is 368. The molecule has 4 nitrogen and oxygen atoms in total. The Kier molecular flexibility index (Phi) is 8.52. The fraction of sp³-hybridized carbons (Fsp3) is 0.636. The topological polar surface area (TPSA) is 51.2 Å². The SMILES string of the molecule is CCOC(=O)c1csc(CC2CCNC2)n1.Cl.Cl. The first-order valence-corrected chi connectivity index (χ1v) is 6.49. The number of hydrogen-bond donors (Lipinski definition) is 1. The molecule has 0 aliphatic carbocycles. The standard InChI is InChI=1S/C11H16N2O2S.2ClH/c1-2-15-11(14)9-7-16-10(13-9)5-8-3-4-12-6-8;;/h7-8,12H,2-6H2,1H3;2*1H. The minimum Gasteiger partial charge on any atom is -0.461 e. The van der Waals surface area contributed by atoms with E-state index in [1.54, 1.807) is 23.6 Å². The van der Waals surface area contributed by atoms with Crippen LogP contribution in [0.2, 0.25) is 0 Å². The van der Waals surface area contributed by atoms with Crippen LogP contribution in [0.3, 0.4) is 0 Å². The molecule has 1 aliphatic heterocycles. The monoisotopic (exact) mass is 312 g/mol. The molecule has 2 heterocycles. The van der Waals surface area contributed by atoms with Gasteiger partial charge in [-0.05, 0) is 32.4 Å². The number of esters is 1. The number of halogens is 2. The highest BCUT2D eigenvalue weighted by Gasteiger charge is 2.18. The number of thiazole rings is 1. The zero-order valence-corrected chi connectivity index (χ0v) is 12.6. The molecule has 1 fully saturated rings. The smallest absolute Gasteiger partial charge is 0.357 e. The number of carbonyl (C=O) groups excluding carboxylic acids is 1. The van der Waals surface area contributed by atoms with E-state index in [4.69, 9.17) is 4.74 Å². The second kappa shape index (κ2) is 8.69. The Morgan fingerprint density at radius 2 is 2.39 bits per heavy atom. The van der Waals surface area contributed by atoms with Crippen LogP contribution < -0.4 is 5.32 Å². The number of hydrogen-bond acceptors (Lipinski definition) is 5. The molecule has 18 heavy (non-hydrogen) atoms. The molecular formula is C11H18Cl2N2O2S. The highest BCUT2D eigenvalue weighted by Crippen LogP contribution is 2.18. The first-order chi connectivity index (χ1) is 7.79. The molecule has 1 unspecified atom stereocenters. The molecule has 1 aromatic rings. The first-order valence-electron chi connectivity index (χ1n) is 5.62. The Balaban J connectivity index is 0.00000144. The van der Waals surface area contributed by atoms with Gasteiger partial charge in [0.15, 0.2) is 5.69 Å². The maximum atomic E-state index is 11.4. The molecule has 1 atom stereocenters. The molecule has 0 bridgehead atoms. The van der Waals surface area contributed by atoms with E-state index in [-0.39, 0.29) is 30.8 Å². The zero-order valence-electron chi connectivity index (χ0n) is 10.2. The zero-order chi connectivity index (χ0) is 11.4. The number of nitrogens with one attached hydrogen (secondary N) is 1. The number of rotatable bonds is 4. The number of ether oxygens (including phenoxy) is 1. The molecule has 0 saturated carbocycles.